The Hall–Kier alpha value is -1.79. The maximum absolute atomic E-state index is 12.1. The topological polar surface area (TPSA) is 57.8 Å². The van der Waals surface area contributed by atoms with Crippen molar-refractivity contribution in [2.24, 2.45) is 0 Å². The van der Waals surface area contributed by atoms with E-state index in [4.69, 9.17) is 0 Å². The molecule has 2 heterocycles. The molecule has 1 aromatic carbocycles. The van der Waals surface area contributed by atoms with E-state index in [-0.39, 0.29) is 5.91 Å². The molecule has 6 heteroatoms. The standard InChI is InChI=1S/C15H15N3OS2/c19-15(14-12-5-1-2-6-13(12)17-18-14)16-7-9-20-10-11-4-3-8-21-11/h1-6,8H,7,9-10H2,(H,16,19)(H,17,18). The van der Waals surface area contributed by atoms with Crippen LogP contribution in [0.3, 0.4) is 0 Å². The van der Waals surface area contributed by atoms with Gasteiger partial charge in [-0.3, -0.25) is 9.89 Å². The van der Waals surface area contributed by atoms with Gasteiger partial charge in [0, 0.05) is 28.3 Å². The van der Waals surface area contributed by atoms with Crippen molar-refractivity contribution in [2.45, 2.75) is 5.75 Å². The molecule has 0 fully saturated rings. The number of hydrogen-bond donors (Lipinski definition) is 2. The number of benzene rings is 1. The third-order valence-corrected chi connectivity index (χ3v) is 5.11. The maximum atomic E-state index is 12.1. The number of carbonyl (C=O) groups is 1. The van der Waals surface area contributed by atoms with Gasteiger partial charge in [-0.25, -0.2) is 0 Å². The summed E-state index contributed by atoms with van der Waals surface area (Å²) in [4.78, 5) is 13.5. The Bertz CT molecular complexity index is 721. The Morgan fingerprint density at radius 1 is 1.29 bits per heavy atom. The minimum Gasteiger partial charge on any atom is -0.350 e. The zero-order chi connectivity index (χ0) is 14.5. The largest absolute Gasteiger partial charge is 0.350 e. The number of aromatic amines is 1. The second kappa shape index (κ2) is 6.78. The molecular weight excluding hydrogens is 302 g/mol. The second-order valence-corrected chi connectivity index (χ2v) is 6.64. The Kier molecular flexibility index (Phi) is 4.57. The SMILES string of the molecule is O=C(NCCSCc1cccs1)c1n[nH]c2ccccc12. The number of H-pyrrole nitrogens is 1. The predicted molar refractivity (Wildman–Crippen MR) is 88.9 cm³/mol. The van der Waals surface area contributed by atoms with Gasteiger partial charge in [0.25, 0.3) is 5.91 Å². The van der Waals surface area contributed by atoms with Gasteiger partial charge in [-0.15, -0.1) is 11.3 Å². The lowest BCUT2D eigenvalue weighted by Crippen LogP contribution is -2.26. The van der Waals surface area contributed by atoms with E-state index in [1.54, 1.807) is 11.3 Å². The molecule has 2 N–H and O–H groups in total. The molecule has 3 aromatic rings. The van der Waals surface area contributed by atoms with E-state index in [9.17, 15) is 4.79 Å². The van der Waals surface area contributed by atoms with Crippen LogP contribution < -0.4 is 5.32 Å². The van der Waals surface area contributed by atoms with Crippen LogP contribution in [-0.2, 0) is 5.75 Å². The fourth-order valence-corrected chi connectivity index (χ4v) is 3.72. The van der Waals surface area contributed by atoms with Crippen molar-refractivity contribution in [3.63, 3.8) is 0 Å². The highest BCUT2D eigenvalue weighted by Gasteiger charge is 2.12. The highest BCUT2D eigenvalue weighted by Crippen LogP contribution is 2.17. The summed E-state index contributed by atoms with van der Waals surface area (Å²) in [5.74, 6) is 1.77. The van der Waals surface area contributed by atoms with Crippen LogP contribution >= 0.6 is 23.1 Å². The highest BCUT2D eigenvalue weighted by molar-refractivity contribution is 7.98. The first kappa shape index (κ1) is 14.2. The first-order valence-corrected chi connectivity index (χ1v) is 8.69. The summed E-state index contributed by atoms with van der Waals surface area (Å²) in [6, 6.07) is 11.8. The van der Waals surface area contributed by atoms with Crippen LogP contribution in [-0.4, -0.2) is 28.4 Å². The van der Waals surface area contributed by atoms with E-state index in [0.717, 1.165) is 22.4 Å². The summed E-state index contributed by atoms with van der Waals surface area (Å²) in [5, 5.41) is 12.8. The smallest absolute Gasteiger partial charge is 0.272 e. The highest BCUT2D eigenvalue weighted by atomic mass is 32.2. The summed E-state index contributed by atoms with van der Waals surface area (Å²) in [6.07, 6.45) is 0. The average molecular weight is 317 g/mol. The van der Waals surface area contributed by atoms with Crippen LogP contribution in [0.15, 0.2) is 41.8 Å². The molecular formula is C15H15N3OS2. The number of nitrogens with one attached hydrogen (secondary N) is 2. The fourth-order valence-electron chi connectivity index (χ4n) is 2.02. The Labute approximate surface area is 131 Å². The van der Waals surface area contributed by atoms with Gasteiger partial charge < -0.3 is 5.32 Å². The number of nitrogens with zero attached hydrogens (tertiary/aromatic N) is 1. The van der Waals surface area contributed by atoms with Crippen molar-refractivity contribution in [2.75, 3.05) is 12.3 Å². The molecule has 0 spiro atoms. The van der Waals surface area contributed by atoms with E-state index in [1.807, 2.05) is 36.0 Å². The summed E-state index contributed by atoms with van der Waals surface area (Å²) in [5.41, 5.74) is 1.35. The van der Waals surface area contributed by atoms with Crippen molar-refractivity contribution in [3.8, 4) is 0 Å². The van der Waals surface area contributed by atoms with Crippen molar-refractivity contribution < 1.29 is 4.79 Å². The number of fused-ring (bicyclic) bond motifs is 1. The van der Waals surface area contributed by atoms with Gasteiger partial charge in [-0.1, -0.05) is 24.3 Å². The lowest BCUT2D eigenvalue weighted by molar-refractivity contribution is 0.0953. The van der Waals surface area contributed by atoms with Crippen LogP contribution in [0.25, 0.3) is 10.9 Å². The molecule has 0 atom stereocenters. The van der Waals surface area contributed by atoms with Crippen molar-refractivity contribution >= 4 is 39.9 Å². The van der Waals surface area contributed by atoms with Crippen molar-refractivity contribution in [1.82, 2.24) is 15.5 Å². The number of rotatable bonds is 6. The van der Waals surface area contributed by atoms with Gasteiger partial charge in [0.05, 0.1) is 5.52 Å². The zero-order valence-electron chi connectivity index (χ0n) is 11.3. The lowest BCUT2D eigenvalue weighted by atomic mass is 10.2. The maximum Gasteiger partial charge on any atom is 0.272 e. The molecule has 4 nitrogen and oxygen atoms in total. The molecule has 0 aliphatic rings. The number of aromatic nitrogens is 2. The van der Waals surface area contributed by atoms with E-state index < -0.39 is 0 Å². The summed E-state index contributed by atoms with van der Waals surface area (Å²) in [6.45, 7) is 0.649. The van der Waals surface area contributed by atoms with Gasteiger partial charge in [0.2, 0.25) is 0 Å². The fraction of sp³-hybridized carbons (Fsp3) is 0.200. The van der Waals surface area contributed by atoms with Gasteiger partial charge in [0.1, 0.15) is 0 Å². The summed E-state index contributed by atoms with van der Waals surface area (Å²) >= 11 is 3.59. The minimum absolute atomic E-state index is 0.121. The lowest BCUT2D eigenvalue weighted by Gasteiger charge is -2.03. The molecule has 0 aliphatic carbocycles. The quantitative estimate of drug-likeness (QED) is 0.686. The number of thioether (sulfide) groups is 1. The molecule has 21 heavy (non-hydrogen) atoms. The Morgan fingerprint density at radius 2 is 2.19 bits per heavy atom. The van der Waals surface area contributed by atoms with Crippen LogP contribution in [0.2, 0.25) is 0 Å². The molecule has 0 unspecified atom stereocenters. The molecule has 0 radical (unpaired) electrons. The zero-order valence-corrected chi connectivity index (χ0v) is 13.0. The monoisotopic (exact) mass is 317 g/mol. The third kappa shape index (κ3) is 3.46. The summed E-state index contributed by atoms with van der Waals surface area (Å²) in [7, 11) is 0. The van der Waals surface area contributed by atoms with Gasteiger partial charge >= 0.3 is 0 Å². The van der Waals surface area contributed by atoms with E-state index in [1.165, 1.54) is 4.88 Å². The molecule has 0 saturated heterocycles. The van der Waals surface area contributed by atoms with Crippen molar-refractivity contribution in [3.05, 3.63) is 52.3 Å². The van der Waals surface area contributed by atoms with E-state index >= 15 is 0 Å². The first-order valence-electron chi connectivity index (χ1n) is 6.66. The van der Waals surface area contributed by atoms with Crippen molar-refractivity contribution in [1.29, 1.82) is 0 Å². The van der Waals surface area contributed by atoms with Gasteiger partial charge in [-0.05, 0) is 17.5 Å². The van der Waals surface area contributed by atoms with E-state index in [2.05, 4.69) is 33.0 Å². The van der Waals surface area contributed by atoms with E-state index in [0.29, 0.717) is 12.2 Å². The molecule has 0 aliphatic heterocycles. The Morgan fingerprint density at radius 3 is 3.05 bits per heavy atom. The Balaban J connectivity index is 1.48. The molecule has 0 saturated carbocycles. The molecule has 0 bridgehead atoms. The minimum atomic E-state index is -0.121. The van der Waals surface area contributed by atoms with Gasteiger partial charge in [0.15, 0.2) is 5.69 Å². The number of amides is 1. The van der Waals surface area contributed by atoms with Crippen LogP contribution in [0.1, 0.15) is 15.4 Å². The number of hydrogen-bond acceptors (Lipinski definition) is 4. The number of para-hydroxylation sites is 1. The van der Waals surface area contributed by atoms with Gasteiger partial charge in [-0.2, -0.15) is 16.9 Å². The van der Waals surface area contributed by atoms with Crippen LogP contribution in [0.5, 0.6) is 0 Å². The average Bonchev–Trinajstić information content (AvgIpc) is 3.16. The number of carbonyl (C=O) groups excluding carboxylic acids is 1. The predicted octanol–water partition coefficient (Wildman–Crippen LogP) is 3.29. The molecule has 3 rings (SSSR count). The third-order valence-electron chi connectivity index (χ3n) is 3.04. The second-order valence-electron chi connectivity index (χ2n) is 4.51. The van der Waals surface area contributed by atoms with Crippen LogP contribution in [0.4, 0.5) is 0 Å². The normalized spacial score (nSPS) is 10.9. The summed E-state index contributed by atoms with van der Waals surface area (Å²) < 4.78 is 0. The molecule has 1 amide bonds. The molecule has 108 valence electrons. The van der Waals surface area contributed by atoms with Crippen LogP contribution in [0, 0.1) is 0 Å². The number of thiophene rings is 1. The molecule has 2 aromatic heterocycles. The first-order chi connectivity index (χ1) is 10.3.